The average molecular weight is 578 g/mol. The number of fused-ring (bicyclic) bond motifs is 3. The van der Waals surface area contributed by atoms with Gasteiger partial charge in [-0.15, -0.1) is 13.2 Å². The molecular weight excluding hydrogens is 547 g/mol. The van der Waals surface area contributed by atoms with Crippen molar-refractivity contribution in [2.24, 2.45) is 0 Å². The maximum Gasteiger partial charge on any atom is 0.573 e. The zero-order valence-electron chi connectivity index (χ0n) is 22.7. The second kappa shape index (κ2) is 10.3. The van der Waals surface area contributed by atoms with Crippen LogP contribution >= 0.6 is 0 Å². The monoisotopic (exact) mass is 577 g/mol. The quantitative estimate of drug-likeness (QED) is 0.227. The van der Waals surface area contributed by atoms with Crippen molar-refractivity contribution in [1.82, 2.24) is 9.97 Å². The number of hydrogen-bond acceptors (Lipinski definition) is 5. The second-order valence-electron chi connectivity index (χ2n) is 11.5. The number of carboxylic acid groups (broad SMARTS) is 1. The third-order valence-electron chi connectivity index (χ3n) is 8.75. The van der Waals surface area contributed by atoms with Gasteiger partial charge in [-0.05, 0) is 80.8 Å². The number of nitrogens with zero attached hydrogens (tertiary/aromatic N) is 2. The van der Waals surface area contributed by atoms with Crippen molar-refractivity contribution < 1.29 is 32.5 Å². The molecule has 0 amide bonds. The van der Waals surface area contributed by atoms with E-state index in [0.717, 1.165) is 66.5 Å². The first kappa shape index (κ1) is 26.8. The summed E-state index contributed by atoms with van der Waals surface area (Å²) in [5.41, 5.74) is 4.02. The lowest BCUT2D eigenvalue weighted by atomic mass is 9.98. The van der Waals surface area contributed by atoms with Crippen LogP contribution in [0.1, 0.15) is 66.1 Å². The summed E-state index contributed by atoms with van der Waals surface area (Å²) in [7, 11) is 0. The largest absolute Gasteiger partial charge is 0.573 e. The fraction of sp³-hybridized carbons (Fsp3) is 0.375. The van der Waals surface area contributed by atoms with E-state index in [0.29, 0.717) is 23.7 Å². The number of rotatable bonds is 8. The second-order valence-corrected chi connectivity index (χ2v) is 11.5. The van der Waals surface area contributed by atoms with Gasteiger partial charge in [-0.2, -0.15) is 0 Å². The molecule has 2 N–H and O–H groups in total. The van der Waals surface area contributed by atoms with E-state index in [9.17, 15) is 23.1 Å². The van der Waals surface area contributed by atoms with E-state index in [2.05, 4.69) is 14.6 Å². The number of carbonyl (C=O) groups is 1. The summed E-state index contributed by atoms with van der Waals surface area (Å²) in [6.07, 6.45) is 2.85. The molecule has 3 aliphatic rings. The number of para-hydroxylation sites is 1. The Labute approximate surface area is 240 Å². The fourth-order valence-corrected chi connectivity index (χ4v) is 6.73. The van der Waals surface area contributed by atoms with Crippen molar-refractivity contribution >= 4 is 22.7 Å². The van der Waals surface area contributed by atoms with Gasteiger partial charge in [0, 0.05) is 46.1 Å². The SMILES string of the molecule is O=C(O)c1ccc2nc(N3C4CCC3CC(OCc3c(-c5ccccc5OC(F)(F)F)c[nH]c3C3CC3)C4)ccc2c1. The summed E-state index contributed by atoms with van der Waals surface area (Å²) in [5, 5.41) is 10.1. The van der Waals surface area contributed by atoms with Gasteiger partial charge in [0.05, 0.1) is 23.8 Å². The zero-order valence-corrected chi connectivity index (χ0v) is 22.7. The Morgan fingerprint density at radius 1 is 1.00 bits per heavy atom. The number of benzene rings is 2. The topological polar surface area (TPSA) is 87.7 Å². The van der Waals surface area contributed by atoms with Crippen LogP contribution < -0.4 is 9.64 Å². The van der Waals surface area contributed by atoms with Gasteiger partial charge in [0.25, 0.3) is 0 Å². The number of aromatic carboxylic acids is 1. The van der Waals surface area contributed by atoms with Crippen LogP contribution in [0.25, 0.3) is 22.0 Å². The molecule has 42 heavy (non-hydrogen) atoms. The molecule has 1 aliphatic carbocycles. The smallest absolute Gasteiger partial charge is 0.478 e. The molecule has 1 saturated carbocycles. The number of halogens is 3. The lowest BCUT2D eigenvalue weighted by Gasteiger charge is -2.39. The molecule has 7 nitrogen and oxygen atoms in total. The van der Waals surface area contributed by atoms with Gasteiger partial charge in [0.15, 0.2) is 0 Å². The minimum absolute atomic E-state index is 0.0220. The highest BCUT2D eigenvalue weighted by Crippen LogP contribution is 2.46. The van der Waals surface area contributed by atoms with Crippen molar-refractivity contribution in [3.8, 4) is 16.9 Å². The Balaban J connectivity index is 1.09. The molecule has 4 heterocycles. The van der Waals surface area contributed by atoms with Crippen LogP contribution in [0.5, 0.6) is 5.75 Å². The van der Waals surface area contributed by atoms with E-state index in [-0.39, 0.29) is 29.5 Å². The summed E-state index contributed by atoms with van der Waals surface area (Å²) in [6.45, 7) is 0.315. The Hall–Kier alpha value is -4.05. The molecule has 2 aliphatic heterocycles. The van der Waals surface area contributed by atoms with Crippen molar-refractivity contribution in [3.63, 3.8) is 0 Å². The molecule has 4 aromatic rings. The number of alkyl halides is 3. The molecule has 10 heteroatoms. The molecule has 3 fully saturated rings. The van der Waals surface area contributed by atoms with Crippen molar-refractivity contribution in [2.45, 2.75) is 75.6 Å². The molecule has 2 bridgehead atoms. The van der Waals surface area contributed by atoms with E-state index in [1.54, 1.807) is 36.5 Å². The Bertz CT molecular complexity index is 1630. The van der Waals surface area contributed by atoms with E-state index in [1.165, 1.54) is 12.1 Å². The van der Waals surface area contributed by atoms with Gasteiger partial charge in [0.1, 0.15) is 11.6 Å². The molecule has 2 aromatic carbocycles. The number of pyridine rings is 1. The standard InChI is InChI=1S/C32H30F3N3O4/c33-32(34,35)42-28-4-2-1-3-24(28)25-16-36-30(18-5-6-18)26(25)17-41-23-14-21-9-10-22(15-23)38(21)29-12-8-19-13-20(31(39)40)7-11-27(19)37-29/h1-4,7-8,11-13,16,18,21-23,36H,5-6,9-10,14-15,17H2,(H,39,40). The van der Waals surface area contributed by atoms with Gasteiger partial charge < -0.3 is 24.5 Å². The number of aromatic nitrogens is 2. The predicted octanol–water partition coefficient (Wildman–Crippen LogP) is 7.42. The normalized spacial score (nSPS) is 22.1. The first-order valence-corrected chi connectivity index (χ1v) is 14.3. The summed E-state index contributed by atoms with van der Waals surface area (Å²) in [4.78, 5) is 21.9. The summed E-state index contributed by atoms with van der Waals surface area (Å²) in [6, 6.07) is 15.7. The number of H-pyrrole nitrogens is 1. The molecular formula is C32H30F3N3O4. The zero-order chi connectivity index (χ0) is 29.0. The van der Waals surface area contributed by atoms with Crippen LogP contribution in [-0.2, 0) is 11.3 Å². The Morgan fingerprint density at radius 2 is 1.76 bits per heavy atom. The first-order chi connectivity index (χ1) is 20.2. The number of carboxylic acids is 1. The number of anilines is 1. The molecule has 218 valence electrons. The number of hydrogen-bond donors (Lipinski definition) is 2. The van der Waals surface area contributed by atoms with Crippen LogP contribution in [0.2, 0.25) is 0 Å². The third-order valence-corrected chi connectivity index (χ3v) is 8.75. The third kappa shape index (κ3) is 5.19. The molecule has 2 aromatic heterocycles. The fourth-order valence-electron chi connectivity index (χ4n) is 6.73. The minimum atomic E-state index is -4.78. The van der Waals surface area contributed by atoms with E-state index in [1.807, 2.05) is 12.1 Å². The van der Waals surface area contributed by atoms with E-state index in [4.69, 9.17) is 9.72 Å². The summed E-state index contributed by atoms with van der Waals surface area (Å²) < 4.78 is 50.3. The Kier molecular flexibility index (Phi) is 6.61. The average Bonchev–Trinajstić information content (AvgIpc) is 3.66. The number of nitrogens with one attached hydrogen (secondary N) is 1. The lowest BCUT2D eigenvalue weighted by Crippen LogP contribution is -2.46. The molecule has 0 spiro atoms. The number of piperidine rings is 1. The van der Waals surface area contributed by atoms with Gasteiger partial charge in [-0.25, -0.2) is 9.78 Å². The lowest BCUT2D eigenvalue weighted by molar-refractivity contribution is -0.274. The van der Waals surface area contributed by atoms with Crippen LogP contribution in [-0.4, -0.2) is 45.6 Å². The van der Waals surface area contributed by atoms with Crippen LogP contribution in [0.15, 0.2) is 60.8 Å². The van der Waals surface area contributed by atoms with Crippen molar-refractivity contribution in [2.75, 3.05) is 4.90 Å². The van der Waals surface area contributed by atoms with Gasteiger partial charge in [-0.3, -0.25) is 0 Å². The maximum absolute atomic E-state index is 13.1. The van der Waals surface area contributed by atoms with Gasteiger partial charge in [-0.1, -0.05) is 18.2 Å². The molecule has 7 rings (SSSR count). The number of ether oxygens (including phenoxy) is 2. The molecule has 2 saturated heterocycles. The highest BCUT2D eigenvalue weighted by molar-refractivity contribution is 5.93. The van der Waals surface area contributed by atoms with E-state index >= 15 is 0 Å². The van der Waals surface area contributed by atoms with E-state index < -0.39 is 12.3 Å². The highest BCUT2D eigenvalue weighted by Gasteiger charge is 2.42. The summed E-state index contributed by atoms with van der Waals surface area (Å²) >= 11 is 0. The molecule has 2 unspecified atom stereocenters. The van der Waals surface area contributed by atoms with Crippen LogP contribution in [0.3, 0.4) is 0 Å². The molecule has 2 atom stereocenters. The van der Waals surface area contributed by atoms with Crippen molar-refractivity contribution in [3.05, 3.63) is 77.6 Å². The van der Waals surface area contributed by atoms with Crippen molar-refractivity contribution in [1.29, 1.82) is 0 Å². The minimum Gasteiger partial charge on any atom is -0.478 e. The van der Waals surface area contributed by atoms with Gasteiger partial charge >= 0.3 is 12.3 Å². The molecule has 0 radical (unpaired) electrons. The Morgan fingerprint density at radius 3 is 2.48 bits per heavy atom. The number of aromatic amines is 1. The van der Waals surface area contributed by atoms with Gasteiger partial charge in [0.2, 0.25) is 0 Å². The maximum atomic E-state index is 13.1. The van der Waals surface area contributed by atoms with Crippen LogP contribution in [0, 0.1) is 0 Å². The summed E-state index contributed by atoms with van der Waals surface area (Å²) in [5.74, 6) is 0.0790. The first-order valence-electron chi connectivity index (χ1n) is 14.3. The highest BCUT2D eigenvalue weighted by atomic mass is 19.4. The van der Waals surface area contributed by atoms with Crippen LogP contribution in [0.4, 0.5) is 19.0 Å². The predicted molar refractivity (Wildman–Crippen MR) is 151 cm³/mol.